The molecule has 2 aromatic heterocycles. The Bertz CT molecular complexity index is 1190. The van der Waals surface area contributed by atoms with Crippen molar-refractivity contribution in [1.29, 1.82) is 0 Å². The van der Waals surface area contributed by atoms with Gasteiger partial charge in [-0.3, -0.25) is 9.69 Å². The maximum absolute atomic E-state index is 13.4. The van der Waals surface area contributed by atoms with Crippen LogP contribution in [0, 0.1) is 0 Å². The van der Waals surface area contributed by atoms with Crippen LogP contribution >= 0.6 is 11.6 Å². The topological polar surface area (TPSA) is 41.6 Å². The van der Waals surface area contributed by atoms with E-state index in [9.17, 15) is 4.79 Å². The molecule has 1 fully saturated rings. The Morgan fingerprint density at radius 1 is 0.871 bits per heavy atom. The van der Waals surface area contributed by atoms with E-state index in [1.165, 1.54) is 5.56 Å². The fourth-order valence-corrected chi connectivity index (χ4v) is 4.47. The molecule has 5 rings (SSSR count). The number of hydrogen-bond donors (Lipinski definition) is 0. The first kappa shape index (κ1) is 19.9. The van der Waals surface area contributed by atoms with E-state index in [0.29, 0.717) is 17.3 Å². The lowest BCUT2D eigenvalue weighted by molar-refractivity contribution is 0.0619. The van der Waals surface area contributed by atoms with Crippen LogP contribution in [-0.2, 0) is 13.1 Å². The fourth-order valence-electron chi connectivity index (χ4n) is 4.26. The van der Waals surface area contributed by atoms with Crippen LogP contribution in [0.2, 0.25) is 5.02 Å². The minimum absolute atomic E-state index is 0.0489. The van der Waals surface area contributed by atoms with Crippen LogP contribution in [0.25, 0.3) is 11.1 Å². The molecule has 1 amide bonds. The minimum atomic E-state index is 0.0489. The molecule has 1 aliphatic rings. The third kappa shape index (κ3) is 4.24. The smallest absolute Gasteiger partial charge is 0.270 e. The summed E-state index contributed by atoms with van der Waals surface area (Å²) in [6.45, 7) is 4.65. The van der Waals surface area contributed by atoms with Crippen molar-refractivity contribution in [2.75, 3.05) is 26.2 Å². The van der Waals surface area contributed by atoms with Crippen molar-refractivity contribution in [2.24, 2.45) is 0 Å². The molecule has 0 aliphatic carbocycles. The molecule has 158 valence electrons. The summed E-state index contributed by atoms with van der Waals surface area (Å²) >= 11 is 6.17. The van der Waals surface area contributed by atoms with E-state index < -0.39 is 0 Å². The van der Waals surface area contributed by atoms with Crippen molar-refractivity contribution in [2.45, 2.75) is 13.1 Å². The number of piperazine rings is 1. The number of carbonyl (C=O) groups is 1. The zero-order chi connectivity index (χ0) is 21.2. The SMILES string of the molecule is O=C(c1cc2occc2n1Cc1cccc(Cl)c1)N1CCN(Cc2ccccc2)CC1. The number of nitrogens with zero attached hydrogens (tertiary/aromatic N) is 3. The van der Waals surface area contributed by atoms with Crippen LogP contribution in [0.1, 0.15) is 21.6 Å². The summed E-state index contributed by atoms with van der Waals surface area (Å²) < 4.78 is 7.63. The molecule has 31 heavy (non-hydrogen) atoms. The van der Waals surface area contributed by atoms with Crippen molar-refractivity contribution in [3.63, 3.8) is 0 Å². The quantitative estimate of drug-likeness (QED) is 0.449. The average molecular weight is 434 g/mol. The highest BCUT2D eigenvalue weighted by atomic mass is 35.5. The third-order valence-electron chi connectivity index (χ3n) is 5.88. The Morgan fingerprint density at radius 3 is 2.42 bits per heavy atom. The monoisotopic (exact) mass is 433 g/mol. The van der Waals surface area contributed by atoms with Crippen LogP contribution < -0.4 is 0 Å². The summed E-state index contributed by atoms with van der Waals surface area (Å²) in [6.07, 6.45) is 1.66. The molecule has 4 aromatic rings. The Balaban J connectivity index is 1.33. The van der Waals surface area contributed by atoms with Gasteiger partial charge in [0.15, 0.2) is 5.58 Å². The van der Waals surface area contributed by atoms with Crippen molar-refractivity contribution in [3.8, 4) is 0 Å². The van der Waals surface area contributed by atoms with Gasteiger partial charge in [-0.05, 0) is 23.3 Å². The third-order valence-corrected chi connectivity index (χ3v) is 6.12. The largest absolute Gasteiger partial charge is 0.463 e. The Kier molecular flexibility index (Phi) is 5.53. The molecule has 0 radical (unpaired) electrons. The molecular weight excluding hydrogens is 410 g/mol. The summed E-state index contributed by atoms with van der Waals surface area (Å²) in [5, 5.41) is 0.690. The number of hydrogen-bond acceptors (Lipinski definition) is 3. The summed E-state index contributed by atoms with van der Waals surface area (Å²) in [7, 11) is 0. The summed E-state index contributed by atoms with van der Waals surface area (Å²) in [6, 6.07) is 22.0. The lowest BCUT2D eigenvalue weighted by Crippen LogP contribution is -2.48. The number of rotatable bonds is 5. The second-order valence-electron chi connectivity index (χ2n) is 7.97. The predicted molar refractivity (Wildman–Crippen MR) is 122 cm³/mol. The van der Waals surface area contributed by atoms with Crippen molar-refractivity contribution in [1.82, 2.24) is 14.4 Å². The Hall–Kier alpha value is -3.02. The van der Waals surface area contributed by atoms with Crippen LogP contribution in [-0.4, -0.2) is 46.5 Å². The summed E-state index contributed by atoms with van der Waals surface area (Å²) in [5.41, 5.74) is 4.66. The van der Waals surface area contributed by atoms with E-state index in [-0.39, 0.29) is 5.91 Å². The molecule has 0 unspecified atom stereocenters. The van der Waals surface area contributed by atoms with Gasteiger partial charge in [-0.2, -0.15) is 0 Å². The minimum Gasteiger partial charge on any atom is -0.463 e. The van der Waals surface area contributed by atoms with E-state index >= 15 is 0 Å². The standard InChI is InChI=1S/C25H24ClN3O2/c26-21-8-4-7-20(15-21)18-29-22-9-14-31-24(22)16-23(29)25(30)28-12-10-27(11-13-28)17-19-5-2-1-3-6-19/h1-9,14-16H,10-13,17-18H2. The van der Waals surface area contributed by atoms with Crippen LogP contribution in [0.4, 0.5) is 0 Å². The first-order chi connectivity index (χ1) is 15.2. The van der Waals surface area contributed by atoms with Gasteiger partial charge in [0.1, 0.15) is 5.69 Å². The van der Waals surface area contributed by atoms with Gasteiger partial charge in [0.25, 0.3) is 5.91 Å². The van der Waals surface area contributed by atoms with E-state index in [0.717, 1.165) is 49.4 Å². The van der Waals surface area contributed by atoms with Crippen molar-refractivity contribution in [3.05, 3.63) is 94.8 Å². The second kappa shape index (κ2) is 8.61. The second-order valence-corrected chi connectivity index (χ2v) is 8.41. The maximum atomic E-state index is 13.4. The van der Waals surface area contributed by atoms with Gasteiger partial charge in [0, 0.05) is 56.4 Å². The zero-order valence-electron chi connectivity index (χ0n) is 17.2. The Morgan fingerprint density at radius 2 is 1.65 bits per heavy atom. The van der Waals surface area contributed by atoms with E-state index in [2.05, 4.69) is 29.2 Å². The highest BCUT2D eigenvalue weighted by molar-refractivity contribution is 6.30. The average Bonchev–Trinajstić information content (AvgIpc) is 3.37. The zero-order valence-corrected chi connectivity index (χ0v) is 18.0. The molecule has 0 N–H and O–H groups in total. The molecule has 0 atom stereocenters. The molecule has 2 aromatic carbocycles. The molecular formula is C25H24ClN3O2. The molecule has 1 saturated heterocycles. The molecule has 1 aliphatic heterocycles. The molecule has 0 saturated carbocycles. The molecule has 0 bridgehead atoms. The lowest BCUT2D eigenvalue weighted by Gasteiger charge is -2.35. The van der Waals surface area contributed by atoms with Gasteiger partial charge < -0.3 is 13.9 Å². The van der Waals surface area contributed by atoms with E-state index in [1.807, 2.05) is 51.9 Å². The predicted octanol–water partition coefficient (Wildman–Crippen LogP) is 4.89. The number of benzene rings is 2. The molecule has 6 heteroatoms. The summed E-state index contributed by atoms with van der Waals surface area (Å²) in [5.74, 6) is 0.0489. The highest BCUT2D eigenvalue weighted by Crippen LogP contribution is 2.25. The number of fused-ring (bicyclic) bond motifs is 1. The van der Waals surface area contributed by atoms with Gasteiger partial charge in [0.05, 0.1) is 11.8 Å². The van der Waals surface area contributed by atoms with Crippen LogP contribution in [0.3, 0.4) is 0 Å². The first-order valence-corrected chi connectivity index (χ1v) is 10.9. The van der Waals surface area contributed by atoms with Gasteiger partial charge >= 0.3 is 0 Å². The van der Waals surface area contributed by atoms with Gasteiger partial charge in [0.2, 0.25) is 0 Å². The van der Waals surface area contributed by atoms with E-state index in [4.69, 9.17) is 16.0 Å². The molecule has 5 nitrogen and oxygen atoms in total. The highest BCUT2D eigenvalue weighted by Gasteiger charge is 2.26. The van der Waals surface area contributed by atoms with Crippen molar-refractivity contribution < 1.29 is 9.21 Å². The fraction of sp³-hybridized carbons (Fsp3) is 0.240. The number of furan rings is 1. The van der Waals surface area contributed by atoms with Gasteiger partial charge in [-0.25, -0.2) is 0 Å². The van der Waals surface area contributed by atoms with Crippen molar-refractivity contribution >= 4 is 28.6 Å². The number of amides is 1. The summed E-state index contributed by atoms with van der Waals surface area (Å²) in [4.78, 5) is 17.8. The Labute approximate surface area is 186 Å². The first-order valence-electron chi connectivity index (χ1n) is 10.5. The van der Waals surface area contributed by atoms with Crippen LogP contribution in [0.5, 0.6) is 0 Å². The molecule has 0 spiro atoms. The normalized spacial score (nSPS) is 14.9. The van der Waals surface area contributed by atoms with Gasteiger partial charge in [-0.15, -0.1) is 0 Å². The lowest BCUT2D eigenvalue weighted by atomic mass is 10.2. The maximum Gasteiger partial charge on any atom is 0.270 e. The number of aromatic nitrogens is 1. The number of carbonyl (C=O) groups excluding carboxylic acids is 1. The van der Waals surface area contributed by atoms with E-state index in [1.54, 1.807) is 6.26 Å². The molecule has 3 heterocycles. The van der Waals surface area contributed by atoms with Crippen LogP contribution in [0.15, 0.2) is 77.4 Å². The number of halogens is 1. The van der Waals surface area contributed by atoms with Gasteiger partial charge in [-0.1, -0.05) is 54.1 Å².